The summed E-state index contributed by atoms with van der Waals surface area (Å²) in [6.07, 6.45) is 0. The smallest absolute Gasteiger partial charge is 0.256 e. The molecular weight excluding hydrogens is 344 g/mol. The van der Waals surface area contributed by atoms with E-state index in [1.807, 2.05) is 56.3 Å². The lowest BCUT2D eigenvalue weighted by atomic mass is 10.1. The molecule has 130 valence electrons. The van der Waals surface area contributed by atoms with Gasteiger partial charge in [0.15, 0.2) is 5.82 Å². The van der Waals surface area contributed by atoms with E-state index < -0.39 is 0 Å². The van der Waals surface area contributed by atoms with E-state index in [0.29, 0.717) is 11.1 Å². The highest BCUT2D eigenvalue weighted by molar-refractivity contribution is 7.99. The first kappa shape index (κ1) is 17.8. The number of anilines is 1. The van der Waals surface area contributed by atoms with E-state index in [2.05, 4.69) is 16.5 Å². The highest BCUT2D eigenvalue weighted by Crippen LogP contribution is 2.30. The second kappa shape index (κ2) is 7.89. The third-order valence-corrected chi connectivity index (χ3v) is 4.69. The van der Waals surface area contributed by atoms with Crippen LogP contribution in [0.4, 0.5) is 5.82 Å². The first-order valence-corrected chi connectivity index (χ1v) is 9.22. The topological polar surface area (TPSA) is 70.7 Å². The third kappa shape index (κ3) is 3.63. The van der Waals surface area contributed by atoms with E-state index in [0.717, 1.165) is 22.0 Å². The van der Waals surface area contributed by atoms with E-state index in [1.54, 1.807) is 16.8 Å². The summed E-state index contributed by atoms with van der Waals surface area (Å²) < 4.78 is 1.71. The van der Waals surface area contributed by atoms with Crippen molar-refractivity contribution in [2.45, 2.75) is 18.9 Å². The van der Waals surface area contributed by atoms with Crippen molar-refractivity contribution in [1.29, 1.82) is 5.26 Å². The Hall–Kier alpha value is -3.04. The standard InChI is InChI=1S/C20H18N4OS/c1-3-26-20-17(13-21)18(23-24(20)16-10-5-4-6-11-16)22-19(25)15-9-7-8-14(2)12-15/h4-12H,3H2,1-2H3,(H,22,23,25). The summed E-state index contributed by atoms with van der Waals surface area (Å²) in [6, 6.07) is 19.1. The van der Waals surface area contributed by atoms with Gasteiger partial charge in [-0.3, -0.25) is 4.79 Å². The molecule has 0 saturated heterocycles. The van der Waals surface area contributed by atoms with Crippen LogP contribution in [0.2, 0.25) is 0 Å². The lowest BCUT2D eigenvalue weighted by Crippen LogP contribution is -2.13. The van der Waals surface area contributed by atoms with Gasteiger partial charge in [-0.2, -0.15) is 5.26 Å². The number of nitrogens with zero attached hydrogens (tertiary/aromatic N) is 3. The van der Waals surface area contributed by atoms with Crippen molar-refractivity contribution in [2.75, 3.05) is 11.1 Å². The number of hydrogen-bond donors (Lipinski definition) is 1. The first-order valence-electron chi connectivity index (χ1n) is 8.23. The van der Waals surface area contributed by atoms with Crippen molar-refractivity contribution in [3.05, 3.63) is 71.3 Å². The number of para-hydroxylation sites is 1. The zero-order valence-corrected chi connectivity index (χ0v) is 15.4. The molecule has 26 heavy (non-hydrogen) atoms. The van der Waals surface area contributed by atoms with Gasteiger partial charge in [0.25, 0.3) is 5.91 Å². The zero-order valence-electron chi connectivity index (χ0n) is 14.6. The lowest BCUT2D eigenvalue weighted by Gasteiger charge is -2.05. The van der Waals surface area contributed by atoms with Gasteiger partial charge in [0.05, 0.1) is 5.69 Å². The molecule has 0 atom stereocenters. The Bertz CT molecular complexity index is 973. The van der Waals surface area contributed by atoms with Gasteiger partial charge in [-0.1, -0.05) is 42.8 Å². The number of nitrogens with one attached hydrogen (secondary N) is 1. The summed E-state index contributed by atoms with van der Waals surface area (Å²) in [5, 5.41) is 17.7. The summed E-state index contributed by atoms with van der Waals surface area (Å²) in [6.45, 7) is 3.94. The maximum absolute atomic E-state index is 12.6. The molecular formula is C20H18N4OS. The molecule has 1 amide bonds. The number of thioether (sulfide) groups is 1. The fraction of sp³-hybridized carbons (Fsp3) is 0.150. The van der Waals surface area contributed by atoms with E-state index in [4.69, 9.17) is 0 Å². The average molecular weight is 362 g/mol. The third-order valence-electron chi connectivity index (χ3n) is 3.75. The minimum atomic E-state index is -0.282. The van der Waals surface area contributed by atoms with Crippen LogP contribution in [0.25, 0.3) is 5.69 Å². The second-order valence-electron chi connectivity index (χ2n) is 5.64. The molecule has 0 saturated carbocycles. The highest BCUT2D eigenvalue weighted by Gasteiger charge is 2.21. The van der Waals surface area contributed by atoms with Gasteiger partial charge in [-0.05, 0) is 36.9 Å². The van der Waals surface area contributed by atoms with E-state index in [-0.39, 0.29) is 11.7 Å². The van der Waals surface area contributed by atoms with Gasteiger partial charge in [0, 0.05) is 5.56 Å². The molecule has 0 aliphatic heterocycles. The number of hydrogen-bond acceptors (Lipinski definition) is 4. The molecule has 1 aromatic heterocycles. The molecule has 0 aliphatic carbocycles. The van der Waals surface area contributed by atoms with Crippen LogP contribution in [0.1, 0.15) is 28.4 Å². The molecule has 3 rings (SSSR count). The van der Waals surface area contributed by atoms with Crippen LogP contribution in [0.3, 0.4) is 0 Å². The summed E-state index contributed by atoms with van der Waals surface area (Å²) in [5.74, 6) is 0.785. The van der Waals surface area contributed by atoms with Crippen LogP contribution >= 0.6 is 11.8 Å². The SMILES string of the molecule is CCSc1c(C#N)c(NC(=O)c2cccc(C)c2)nn1-c1ccccc1. The normalized spacial score (nSPS) is 10.3. The monoisotopic (exact) mass is 362 g/mol. The van der Waals surface area contributed by atoms with Crippen LogP contribution < -0.4 is 5.32 Å². The highest BCUT2D eigenvalue weighted by atomic mass is 32.2. The average Bonchev–Trinajstić information content (AvgIpc) is 3.00. The zero-order chi connectivity index (χ0) is 18.5. The molecule has 1 heterocycles. The number of amides is 1. The molecule has 0 spiro atoms. The van der Waals surface area contributed by atoms with Crippen LogP contribution in [0.5, 0.6) is 0 Å². The maximum atomic E-state index is 12.6. The Balaban J connectivity index is 2.02. The van der Waals surface area contributed by atoms with Crippen molar-refractivity contribution in [1.82, 2.24) is 9.78 Å². The molecule has 0 radical (unpaired) electrons. The molecule has 0 unspecified atom stereocenters. The van der Waals surface area contributed by atoms with Crippen molar-refractivity contribution in [3.63, 3.8) is 0 Å². The van der Waals surface area contributed by atoms with Gasteiger partial charge >= 0.3 is 0 Å². The van der Waals surface area contributed by atoms with E-state index in [9.17, 15) is 10.1 Å². The first-order chi connectivity index (χ1) is 12.6. The van der Waals surface area contributed by atoms with Crippen LogP contribution in [-0.4, -0.2) is 21.4 Å². The fourth-order valence-corrected chi connectivity index (χ4v) is 3.40. The predicted octanol–water partition coefficient (Wildman–Crippen LogP) is 4.42. The Morgan fingerprint density at radius 1 is 1.23 bits per heavy atom. The molecule has 5 nitrogen and oxygen atoms in total. The summed E-state index contributed by atoms with van der Waals surface area (Å²) in [5.41, 5.74) is 2.75. The van der Waals surface area contributed by atoms with Gasteiger partial charge in [-0.25, -0.2) is 4.68 Å². The van der Waals surface area contributed by atoms with Crippen LogP contribution in [0, 0.1) is 18.3 Å². The quantitative estimate of drug-likeness (QED) is 0.682. The number of aromatic nitrogens is 2. The summed E-state index contributed by atoms with van der Waals surface area (Å²) in [7, 11) is 0. The molecule has 3 aromatic rings. The van der Waals surface area contributed by atoms with Crippen LogP contribution in [0.15, 0.2) is 59.6 Å². The summed E-state index contributed by atoms with van der Waals surface area (Å²) >= 11 is 1.52. The number of aryl methyl sites for hydroxylation is 1. The Labute approximate surface area is 156 Å². The Morgan fingerprint density at radius 3 is 2.65 bits per heavy atom. The van der Waals surface area contributed by atoms with Crippen molar-refractivity contribution in [2.24, 2.45) is 0 Å². The van der Waals surface area contributed by atoms with Gasteiger partial charge < -0.3 is 5.32 Å². The lowest BCUT2D eigenvalue weighted by molar-refractivity contribution is 0.102. The minimum Gasteiger partial charge on any atom is -0.304 e. The second-order valence-corrected chi connectivity index (χ2v) is 6.90. The largest absolute Gasteiger partial charge is 0.304 e. The number of carbonyl (C=O) groups is 1. The van der Waals surface area contributed by atoms with Crippen molar-refractivity contribution in [3.8, 4) is 11.8 Å². The number of rotatable bonds is 5. The molecule has 2 aromatic carbocycles. The maximum Gasteiger partial charge on any atom is 0.256 e. The number of benzene rings is 2. The molecule has 0 aliphatic rings. The van der Waals surface area contributed by atoms with Gasteiger partial charge in [-0.15, -0.1) is 16.9 Å². The number of nitriles is 1. The molecule has 0 fully saturated rings. The molecule has 6 heteroatoms. The fourth-order valence-electron chi connectivity index (χ4n) is 2.57. The van der Waals surface area contributed by atoms with Gasteiger partial charge in [0.2, 0.25) is 0 Å². The predicted molar refractivity (Wildman–Crippen MR) is 104 cm³/mol. The van der Waals surface area contributed by atoms with Crippen molar-refractivity contribution >= 4 is 23.5 Å². The van der Waals surface area contributed by atoms with E-state index >= 15 is 0 Å². The molecule has 0 bridgehead atoms. The summed E-state index contributed by atoms with van der Waals surface area (Å²) in [4.78, 5) is 12.6. The minimum absolute atomic E-state index is 0.277. The van der Waals surface area contributed by atoms with Gasteiger partial charge in [0.1, 0.15) is 16.7 Å². The Kier molecular flexibility index (Phi) is 5.40. The van der Waals surface area contributed by atoms with Crippen molar-refractivity contribution < 1.29 is 4.79 Å². The molecule has 1 N–H and O–H groups in total. The number of carbonyl (C=O) groups excluding carboxylic acids is 1. The Morgan fingerprint density at radius 2 is 2.00 bits per heavy atom. The van der Waals surface area contributed by atoms with E-state index in [1.165, 1.54) is 11.8 Å². The van der Waals surface area contributed by atoms with Crippen LogP contribution in [-0.2, 0) is 0 Å².